The summed E-state index contributed by atoms with van der Waals surface area (Å²) in [7, 11) is 0. The van der Waals surface area contributed by atoms with Gasteiger partial charge in [0.2, 0.25) is 5.78 Å². The van der Waals surface area contributed by atoms with Crippen molar-refractivity contribution in [2.75, 3.05) is 0 Å². The first-order valence-corrected chi connectivity index (χ1v) is 5.66. The summed E-state index contributed by atoms with van der Waals surface area (Å²) in [6.45, 7) is 3.06. The molecule has 1 aromatic heterocycles. The highest BCUT2D eigenvalue weighted by molar-refractivity contribution is 7.12. The number of rotatable bonds is 3. The molecular weight excluding hydrogens is 269 g/mol. The van der Waals surface area contributed by atoms with E-state index in [4.69, 9.17) is 0 Å². The zero-order chi connectivity index (χ0) is 14.3. The lowest BCUT2D eigenvalue weighted by Gasteiger charge is -2.02. The van der Waals surface area contributed by atoms with Gasteiger partial charge >= 0.3 is 6.18 Å². The maximum Gasteiger partial charge on any atom is 0.450 e. The Labute approximate surface area is 106 Å². The largest absolute Gasteiger partial charge is 0.450 e. The molecule has 7 heteroatoms. The fourth-order valence-corrected chi connectivity index (χ4v) is 1.43. The molecular formula is C11H11F3O3S. The number of hydrogen-bond donors (Lipinski definition) is 0. The lowest BCUT2D eigenvalue weighted by atomic mass is 10.2. The van der Waals surface area contributed by atoms with Gasteiger partial charge in [0, 0.05) is 0 Å². The van der Waals surface area contributed by atoms with Crippen LogP contribution in [0.5, 0.6) is 0 Å². The van der Waals surface area contributed by atoms with E-state index in [0.29, 0.717) is 0 Å². The average molecular weight is 280 g/mol. The van der Waals surface area contributed by atoms with Crippen molar-refractivity contribution in [1.29, 1.82) is 0 Å². The molecule has 0 fully saturated rings. The second-order valence-corrected chi connectivity index (χ2v) is 4.35. The van der Waals surface area contributed by atoms with Gasteiger partial charge in [-0.05, 0) is 25.3 Å². The van der Waals surface area contributed by atoms with Gasteiger partial charge in [-0.1, -0.05) is 6.07 Å². The zero-order valence-electron chi connectivity index (χ0n) is 9.71. The lowest BCUT2D eigenvalue weighted by molar-refractivity contribution is -0.170. The summed E-state index contributed by atoms with van der Waals surface area (Å²) < 4.78 is 35.3. The van der Waals surface area contributed by atoms with E-state index < -0.39 is 24.2 Å². The monoisotopic (exact) mass is 280 g/mol. The minimum atomic E-state index is -4.92. The first kappa shape index (κ1) is 16.5. The first-order chi connectivity index (χ1) is 8.14. The summed E-state index contributed by atoms with van der Waals surface area (Å²) in [6, 6.07) is 2.92. The van der Waals surface area contributed by atoms with Gasteiger partial charge in [0.25, 0.3) is 0 Å². The quantitative estimate of drug-likeness (QED) is 0.631. The molecule has 100 valence electrons. The SMILES string of the molecule is CC(C)=O.O=C(CC(=O)C(F)(F)F)c1cccs1. The molecule has 0 bridgehead atoms. The van der Waals surface area contributed by atoms with Crippen LogP contribution in [0.25, 0.3) is 0 Å². The van der Waals surface area contributed by atoms with Crippen molar-refractivity contribution in [1.82, 2.24) is 0 Å². The Hall–Kier alpha value is -1.50. The van der Waals surface area contributed by atoms with Crippen LogP contribution in [0.15, 0.2) is 17.5 Å². The summed E-state index contributed by atoms with van der Waals surface area (Å²) in [4.78, 5) is 31.1. The molecule has 18 heavy (non-hydrogen) atoms. The maximum atomic E-state index is 11.8. The van der Waals surface area contributed by atoms with Gasteiger partial charge in [0.1, 0.15) is 5.78 Å². The van der Waals surface area contributed by atoms with Gasteiger partial charge in [-0.25, -0.2) is 0 Å². The molecule has 0 unspecified atom stereocenters. The molecule has 0 aromatic carbocycles. The standard InChI is InChI=1S/C8H5F3O2S.C3H6O/c9-8(10,11)7(13)4-5(12)6-2-1-3-14-6;1-3(2)4/h1-3H,4H2;1-2H3. The molecule has 0 saturated carbocycles. The van der Waals surface area contributed by atoms with Crippen LogP contribution in [0, 0.1) is 0 Å². The van der Waals surface area contributed by atoms with Crippen LogP contribution in [0.2, 0.25) is 0 Å². The molecule has 0 radical (unpaired) electrons. The predicted octanol–water partition coefficient (Wildman–Crippen LogP) is 3.05. The van der Waals surface area contributed by atoms with Crippen molar-refractivity contribution >= 4 is 28.7 Å². The fraction of sp³-hybridized carbons (Fsp3) is 0.364. The van der Waals surface area contributed by atoms with E-state index in [1.807, 2.05) is 0 Å². The van der Waals surface area contributed by atoms with Gasteiger partial charge in [-0.2, -0.15) is 13.2 Å². The molecule has 0 amide bonds. The van der Waals surface area contributed by atoms with E-state index >= 15 is 0 Å². The third kappa shape index (κ3) is 6.95. The maximum absolute atomic E-state index is 11.8. The van der Waals surface area contributed by atoms with E-state index in [9.17, 15) is 27.6 Å². The summed E-state index contributed by atoms with van der Waals surface area (Å²) in [5.74, 6) is -2.63. The van der Waals surface area contributed by atoms with Crippen molar-refractivity contribution < 1.29 is 27.6 Å². The third-order valence-corrected chi connectivity index (χ3v) is 2.34. The molecule has 1 aromatic rings. The van der Waals surface area contributed by atoms with Crippen LogP contribution in [-0.2, 0) is 9.59 Å². The molecule has 1 rings (SSSR count). The molecule has 0 aliphatic rings. The van der Waals surface area contributed by atoms with Crippen molar-refractivity contribution in [2.45, 2.75) is 26.4 Å². The number of carbonyl (C=O) groups is 3. The third-order valence-electron chi connectivity index (χ3n) is 1.43. The Balaban J connectivity index is 0.000000631. The Bertz CT molecular complexity index is 417. The predicted molar refractivity (Wildman–Crippen MR) is 60.7 cm³/mol. The second kappa shape index (κ2) is 7.05. The number of hydrogen-bond acceptors (Lipinski definition) is 4. The Morgan fingerprint density at radius 1 is 1.22 bits per heavy atom. The van der Waals surface area contributed by atoms with Gasteiger partial charge in [0.05, 0.1) is 11.3 Å². The Kier molecular flexibility index (Phi) is 6.46. The number of alkyl halides is 3. The molecule has 1 heterocycles. The summed E-state index contributed by atoms with van der Waals surface area (Å²) in [6.07, 6.45) is -6.03. The molecule has 0 atom stereocenters. The van der Waals surface area contributed by atoms with Crippen LogP contribution in [0.4, 0.5) is 13.2 Å². The lowest BCUT2D eigenvalue weighted by Crippen LogP contribution is -2.25. The normalized spacial score (nSPS) is 10.3. The molecule has 0 spiro atoms. The number of carbonyl (C=O) groups excluding carboxylic acids is 3. The van der Waals surface area contributed by atoms with E-state index in [2.05, 4.69) is 0 Å². The minimum absolute atomic E-state index is 0.167. The van der Waals surface area contributed by atoms with Crippen molar-refractivity contribution in [3.63, 3.8) is 0 Å². The van der Waals surface area contributed by atoms with E-state index in [1.165, 1.54) is 26.0 Å². The van der Waals surface area contributed by atoms with Crippen molar-refractivity contribution in [3.05, 3.63) is 22.4 Å². The average Bonchev–Trinajstić information content (AvgIpc) is 2.67. The van der Waals surface area contributed by atoms with E-state index in [-0.39, 0.29) is 10.7 Å². The van der Waals surface area contributed by atoms with Crippen LogP contribution in [0.1, 0.15) is 29.9 Å². The van der Waals surface area contributed by atoms with Gasteiger partial charge in [0.15, 0.2) is 5.78 Å². The fourth-order valence-electron chi connectivity index (χ4n) is 0.770. The van der Waals surface area contributed by atoms with E-state index in [0.717, 1.165) is 11.3 Å². The highest BCUT2D eigenvalue weighted by atomic mass is 32.1. The number of ketones is 3. The molecule has 0 N–H and O–H groups in total. The smallest absolute Gasteiger partial charge is 0.300 e. The van der Waals surface area contributed by atoms with Crippen LogP contribution < -0.4 is 0 Å². The summed E-state index contributed by atoms with van der Waals surface area (Å²) in [5.41, 5.74) is 0. The van der Waals surface area contributed by atoms with E-state index in [1.54, 1.807) is 5.38 Å². The van der Waals surface area contributed by atoms with Gasteiger partial charge < -0.3 is 4.79 Å². The van der Waals surface area contributed by atoms with Crippen LogP contribution >= 0.6 is 11.3 Å². The molecule has 0 aliphatic carbocycles. The zero-order valence-corrected chi connectivity index (χ0v) is 10.5. The number of Topliss-reactive ketones (excluding diaryl/α,β-unsaturated/α-hetero) is 3. The topological polar surface area (TPSA) is 51.2 Å². The first-order valence-electron chi connectivity index (χ1n) is 4.78. The van der Waals surface area contributed by atoms with Crippen molar-refractivity contribution in [3.8, 4) is 0 Å². The van der Waals surface area contributed by atoms with Gasteiger partial charge in [-0.3, -0.25) is 9.59 Å². The Morgan fingerprint density at radius 2 is 1.72 bits per heavy atom. The highest BCUT2D eigenvalue weighted by Gasteiger charge is 2.39. The molecule has 0 saturated heterocycles. The van der Waals surface area contributed by atoms with Crippen LogP contribution in [-0.4, -0.2) is 23.5 Å². The second-order valence-electron chi connectivity index (χ2n) is 3.41. The summed E-state index contributed by atoms with van der Waals surface area (Å²) >= 11 is 1.01. The molecule has 3 nitrogen and oxygen atoms in total. The minimum Gasteiger partial charge on any atom is -0.300 e. The van der Waals surface area contributed by atoms with Gasteiger partial charge in [-0.15, -0.1) is 11.3 Å². The molecule has 0 aliphatic heterocycles. The van der Waals surface area contributed by atoms with Crippen molar-refractivity contribution in [2.24, 2.45) is 0 Å². The number of thiophene rings is 1. The number of halogens is 3. The van der Waals surface area contributed by atoms with Crippen LogP contribution in [0.3, 0.4) is 0 Å². The highest BCUT2D eigenvalue weighted by Crippen LogP contribution is 2.20. The Morgan fingerprint density at radius 3 is 2.06 bits per heavy atom. The summed E-state index contributed by atoms with van der Waals surface area (Å²) in [5, 5.41) is 1.56.